The molecule has 132 valence electrons. The molecule has 0 amide bonds. The lowest BCUT2D eigenvalue weighted by Crippen LogP contribution is -1.97. The number of esters is 1. The molecule has 0 spiro atoms. The van der Waals surface area contributed by atoms with E-state index < -0.39 is 0 Å². The van der Waals surface area contributed by atoms with E-state index >= 15 is 0 Å². The topological polar surface area (TPSA) is 26.3 Å². The Hall–Kier alpha value is -1.27. The van der Waals surface area contributed by atoms with Crippen molar-refractivity contribution in [2.24, 2.45) is 0 Å². The molecule has 0 fully saturated rings. The Balaban J connectivity index is 3.31. The van der Waals surface area contributed by atoms with E-state index in [9.17, 15) is 4.79 Å². The van der Waals surface area contributed by atoms with Crippen LogP contribution in [0.25, 0.3) is 0 Å². The van der Waals surface area contributed by atoms with Crippen LogP contribution >= 0.6 is 0 Å². The minimum atomic E-state index is -0.163. The van der Waals surface area contributed by atoms with E-state index in [1.165, 1.54) is 71.3 Å². The fraction of sp³-hybridized carbons (Fsp3) is 0.714. The molecule has 0 aliphatic heterocycles. The zero-order valence-electron chi connectivity index (χ0n) is 15.3. The van der Waals surface area contributed by atoms with Gasteiger partial charge in [0.15, 0.2) is 0 Å². The third kappa shape index (κ3) is 18.7. The number of ether oxygens (including phenoxy) is 1. The molecule has 0 heterocycles. The van der Waals surface area contributed by atoms with Crippen molar-refractivity contribution in [3.8, 4) is 0 Å². The van der Waals surface area contributed by atoms with E-state index in [4.69, 9.17) is 0 Å². The van der Waals surface area contributed by atoms with Crippen molar-refractivity contribution in [1.29, 1.82) is 0 Å². The molecule has 0 rings (SSSR count). The molecule has 0 N–H and O–H groups in total. The van der Waals surface area contributed by atoms with Crippen LogP contribution in [0.5, 0.6) is 0 Å². The fourth-order valence-electron chi connectivity index (χ4n) is 2.38. The molecule has 0 aromatic heterocycles. The Labute approximate surface area is 143 Å². The van der Waals surface area contributed by atoms with Crippen LogP contribution in [-0.2, 0) is 9.53 Å². The van der Waals surface area contributed by atoms with Gasteiger partial charge in [-0.15, -0.1) is 5.73 Å². The van der Waals surface area contributed by atoms with E-state index in [-0.39, 0.29) is 5.97 Å². The average Bonchev–Trinajstić information content (AvgIpc) is 2.57. The molecule has 0 atom stereocenters. The van der Waals surface area contributed by atoms with Crippen molar-refractivity contribution in [3.05, 3.63) is 30.0 Å². The SMILES string of the molecule is CCCCCCCCCCC/C=C\CC=C=CCCC(=O)OC. The van der Waals surface area contributed by atoms with Crippen molar-refractivity contribution >= 4 is 5.97 Å². The maximum Gasteiger partial charge on any atom is 0.305 e. The molecule has 0 aliphatic rings. The van der Waals surface area contributed by atoms with E-state index in [1.807, 2.05) is 12.2 Å². The van der Waals surface area contributed by atoms with Crippen LogP contribution in [-0.4, -0.2) is 13.1 Å². The molecular weight excluding hydrogens is 284 g/mol. The Bertz CT molecular complexity index is 349. The number of hydrogen-bond acceptors (Lipinski definition) is 2. The van der Waals surface area contributed by atoms with Crippen molar-refractivity contribution in [2.75, 3.05) is 7.11 Å². The fourth-order valence-corrected chi connectivity index (χ4v) is 2.38. The summed E-state index contributed by atoms with van der Waals surface area (Å²) in [5.74, 6) is -0.163. The maximum atomic E-state index is 10.9. The molecule has 0 aromatic carbocycles. The Morgan fingerprint density at radius 1 is 0.870 bits per heavy atom. The van der Waals surface area contributed by atoms with Gasteiger partial charge >= 0.3 is 5.97 Å². The molecule has 0 bridgehead atoms. The first-order chi connectivity index (χ1) is 11.3. The number of hydrogen-bond donors (Lipinski definition) is 0. The van der Waals surface area contributed by atoms with Gasteiger partial charge in [-0.2, -0.15) is 0 Å². The van der Waals surface area contributed by atoms with Gasteiger partial charge in [-0.25, -0.2) is 0 Å². The number of carbonyl (C=O) groups excluding carboxylic acids is 1. The van der Waals surface area contributed by atoms with Crippen molar-refractivity contribution in [2.45, 2.75) is 90.4 Å². The Morgan fingerprint density at radius 3 is 2.17 bits per heavy atom. The average molecular weight is 321 g/mol. The van der Waals surface area contributed by atoms with E-state index in [1.54, 1.807) is 0 Å². The lowest BCUT2D eigenvalue weighted by molar-refractivity contribution is -0.140. The number of allylic oxidation sites excluding steroid dienone is 3. The zero-order chi connectivity index (χ0) is 17.0. The third-order valence-corrected chi connectivity index (χ3v) is 3.85. The van der Waals surface area contributed by atoms with Gasteiger partial charge < -0.3 is 4.74 Å². The molecular formula is C21H36O2. The summed E-state index contributed by atoms with van der Waals surface area (Å²) in [6.45, 7) is 2.27. The summed E-state index contributed by atoms with van der Waals surface area (Å²) >= 11 is 0. The highest BCUT2D eigenvalue weighted by atomic mass is 16.5. The molecule has 2 nitrogen and oxygen atoms in total. The van der Waals surface area contributed by atoms with Gasteiger partial charge in [0.25, 0.3) is 0 Å². The second-order valence-corrected chi connectivity index (χ2v) is 6.01. The number of methoxy groups -OCH3 is 1. The summed E-state index contributed by atoms with van der Waals surface area (Å²) in [6.07, 6.45) is 24.1. The van der Waals surface area contributed by atoms with Gasteiger partial charge in [0, 0.05) is 6.42 Å². The normalized spacial score (nSPS) is 10.5. The first-order valence-corrected chi connectivity index (χ1v) is 9.42. The maximum absolute atomic E-state index is 10.9. The standard InChI is InChI=1S/C21H36O2/c1-3-4-5-6-7-8-9-10-11-12-13-14-15-16-17-18-19-20-21(22)23-2/h13-14,16,18H,3-12,15,19-20H2,1-2H3/b14-13-. The number of rotatable bonds is 15. The van der Waals surface area contributed by atoms with Crippen molar-refractivity contribution < 1.29 is 9.53 Å². The third-order valence-electron chi connectivity index (χ3n) is 3.85. The molecule has 0 unspecified atom stereocenters. The van der Waals surface area contributed by atoms with E-state index in [0.29, 0.717) is 12.8 Å². The van der Waals surface area contributed by atoms with Gasteiger partial charge in [0.05, 0.1) is 7.11 Å². The summed E-state index contributed by atoms with van der Waals surface area (Å²) in [5, 5.41) is 0. The lowest BCUT2D eigenvalue weighted by Gasteiger charge is -2.00. The number of unbranched alkanes of at least 4 members (excludes halogenated alkanes) is 9. The summed E-state index contributed by atoms with van der Waals surface area (Å²) < 4.78 is 4.57. The summed E-state index contributed by atoms with van der Waals surface area (Å²) in [7, 11) is 1.42. The van der Waals surface area contributed by atoms with E-state index in [2.05, 4.69) is 29.5 Å². The smallest absolute Gasteiger partial charge is 0.305 e. The van der Waals surface area contributed by atoms with Crippen LogP contribution in [0.2, 0.25) is 0 Å². The highest BCUT2D eigenvalue weighted by molar-refractivity contribution is 5.69. The quantitative estimate of drug-likeness (QED) is 0.149. The predicted molar refractivity (Wildman–Crippen MR) is 99.5 cm³/mol. The monoisotopic (exact) mass is 320 g/mol. The van der Waals surface area contributed by atoms with Gasteiger partial charge in [0.2, 0.25) is 0 Å². The van der Waals surface area contributed by atoms with E-state index in [0.717, 1.165) is 6.42 Å². The van der Waals surface area contributed by atoms with Gasteiger partial charge in [-0.05, 0) is 37.8 Å². The second kappa shape index (κ2) is 18.8. The molecule has 0 saturated heterocycles. The molecule has 23 heavy (non-hydrogen) atoms. The molecule has 0 saturated carbocycles. The highest BCUT2D eigenvalue weighted by Crippen LogP contribution is 2.10. The first-order valence-electron chi connectivity index (χ1n) is 9.42. The molecule has 0 radical (unpaired) electrons. The molecule has 2 heteroatoms. The van der Waals surface area contributed by atoms with Gasteiger partial charge in [-0.3, -0.25) is 4.79 Å². The summed E-state index contributed by atoms with van der Waals surface area (Å²) in [4.78, 5) is 10.9. The molecule has 0 aliphatic carbocycles. The van der Waals surface area contributed by atoms with Crippen LogP contribution in [0, 0.1) is 0 Å². The lowest BCUT2D eigenvalue weighted by atomic mass is 10.1. The van der Waals surface area contributed by atoms with Crippen molar-refractivity contribution in [3.63, 3.8) is 0 Å². The number of carbonyl (C=O) groups is 1. The van der Waals surface area contributed by atoms with Crippen LogP contribution in [0.4, 0.5) is 0 Å². The van der Waals surface area contributed by atoms with Gasteiger partial charge in [0.1, 0.15) is 0 Å². The van der Waals surface area contributed by atoms with Crippen LogP contribution < -0.4 is 0 Å². The van der Waals surface area contributed by atoms with Crippen molar-refractivity contribution in [1.82, 2.24) is 0 Å². The van der Waals surface area contributed by atoms with Crippen LogP contribution in [0.1, 0.15) is 90.4 Å². The summed E-state index contributed by atoms with van der Waals surface area (Å²) in [6, 6.07) is 0. The Kier molecular flexibility index (Phi) is 17.7. The zero-order valence-corrected chi connectivity index (χ0v) is 15.3. The van der Waals surface area contributed by atoms with Crippen LogP contribution in [0.3, 0.4) is 0 Å². The highest BCUT2D eigenvalue weighted by Gasteiger charge is 1.94. The van der Waals surface area contributed by atoms with Crippen LogP contribution in [0.15, 0.2) is 30.0 Å². The predicted octanol–water partition coefficient (Wildman–Crippen LogP) is 6.52. The van der Waals surface area contributed by atoms with Gasteiger partial charge in [-0.1, -0.05) is 70.4 Å². The minimum absolute atomic E-state index is 0.163. The molecule has 0 aromatic rings. The first kappa shape index (κ1) is 21.7. The second-order valence-electron chi connectivity index (χ2n) is 6.01. The Morgan fingerprint density at radius 2 is 1.52 bits per heavy atom. The largest absolute Gasteiger partial charge is 0.469 e. The summed E-state index contributed by atoms with van der Waals surface area (Å²) in [5.41, 5.74) is 3.10. The minimum Gasteiger partial charge on any atom is -0.469 e.